The van der Waals surface area contributed by atoms with Crippen LogP contribution in [-0.2, 0) is 0 Å². The largest absolute Gasteiger partial charge is 0.289 e. The fourth-order valence-electron chi connectivity index (χ4n) is 1.86. The SMILES string of the molecule is Cc1ccc(C(=O)c2ccncc2)c(C)c1C. The molecule has 1 heterocycles. The van der Waals surface area contributed by atoms with Gasteiger partial charge in [0.2, 0.25) is 0 Å². The first-order valence-corrected chi connectivity index (χ1v) is 5.63. The summed E-state index contributed by atoms with van der Waals surface area (Å²) in [6, 6.07) is 7.39. The Hall–Kier alpha value is -1.96. The van der Waals surface area contributed by atoms with E-state index in [9.17, 15) is 4.79 Å². The lowest BCUT2D eigenvalue weighted by molar-refractivity contribution is 0.103. The van der Waals surface area contributed by atoms with Gasteiger partial charge in [0.1, 0.15) is 0 Å². The molecular weight excluding hydrogens is 210 g/mol. The third-order valence-electron chi connectivity index (χ3n) is 3.25. The van der Waals surface area contributed by atoms with E-state index in [1.165, 1.54) is 11.1 Å². The van der Waals surface area contributed by atoms with Crippen LogP contribution in [0, 0.1) is 20.8 Å². The molecule has 1 aromatic carbocycles. The lowest BCUT2D eigenvalue weighted by atomic mass is 9.94. The van der Waals surface area contributed by atoms with Gasteiger partial charge in [0.15, 0.2) is 5.78 Å². The molecule has 0 aliphatic rings. The highest BCUT2D eigenvalue weighted by Crippen LogP contribution is 2.19. The molecule has 0 amide bonds. The molecule has 2 nitrogen and oxygen atoms in total. The Bertz CT molecular complexity index is 559. The zero-order valence-corrected chi connectivity index (χ0v) is 10.3. The van der Waals surface area contributed by atoms with Crippen molar-refractivity contribution < 1.29 is 4.79 Å². The maximum atomic E-state index is 12.3. The van der Waals surface area contributed by atoms with Crippen LogP contribution in [0.15, 0.2) is 36.7 Å². The molecular formula is C15H15NO. The smallest absolute Gasteiger partial charge is 0.193 e. The number of carbonyl (C=O) groups excluding carboxylic acids is 1. The number of hydrogen-bond donors (Lipinski definition) is 0. The lowest BCUT2D eigenvalue weighted by Crippen LogP contribution is -2.05. The molecule has 0 bridgehead atoms. The lowest BCUT2D eigenvalue weighted by Gasteiger charge is -2.10. The Balaban J connectivity index is 2.49. The van der Waals surface area contributed by atoms with Crippen molar-refractivity contribution in [2.24, 2.45) is 0 Å². The van der Waals surface area contributed by atoms with Gasteiger partial charge in [-0.3, -0.25) is 9.78 Å². The van der Waals surface area contributed by atoms with Crippen LogP contribution < -0.4 is 0 Å². The first-order valence-electron chi connectivity index (χ1n) is 5.63. The third-order valence-corrected chi connectivity index (χ3v) is 3.25. The van der Waals surface area contributed by atoms with Crippen LogP contribution in [0.2, 0.25) is 0 Å². The summed E-state index contributed by atoms with van der Waals surface area (Å²) in [7, 11) is 0. The zero-order chi connectivity index (χ0) is 12.4. The Morgan fingerprint density at radius 1 is 0.941 bits per heavy atom. The van der Waals surface area contributed by atoms with Gasteiger partial charge in [0.05, 0.1) is 0 Å². The van der Waals surface area contributed by atoms with Crippen LogP contribution in [0.4, 0.5) is 0 Å². The topological polar surface area (TPSA) is 30.0 Å². The molecule has 0 saturated carbocycles. The Morgan fingerprint density at radius 2 is 1.59 bits per heavy atom. The van der Waals surface area contributed by atoms with Crippen LogP contribution in [0.1, 0.15) is 32.6 Å². The molecule has 0 unspecified atom stereocenters. The van der Waals surface area contributed by atoms with Gasteiger partial charge < -0.3 is 0 Å². The average molecular weight is 225 g/mol. The van der Waals surface area contributed by atoms with Crippen molar-refractivity contribution in [1.82, 2.24) is 4.98 Å². The summed E-state index contributed by atoms with van der Waals surface area (Å²) in [6.07, 6.45) is 3.28. The van der Waals surface area contributed by atoms with Gasteiger partial charge in [-0.1, -0.05) is 12.1 Å². The van der Waals surface area contributed by atoms with Gasteiger partial charge in [0.25, 0.3) is 0 Å². The number of ketones is 1. The van der Waals surface area contributed by atoms with E-state index in [0.29, 0.717) is 5.56 Å². The van der Waals surface area contributed by atoms with Crippen LogP contribution in [-0.4, -0.2) is 10.8 Å². The predicted molar refractivity (Wildman–Crippen MR) is 68.3 cm³/mol. The second kappa shape index (κ2) is 4.50. The molecule has 86 valence electrons. The highest BCUT2D eigenvalue weighted by molar-refractivity contribution is 6.10. The van der Waals surface area contributed by atoms with E-state index in [2.05, 4.69) is 11.9 Å². The number of pyridine rings is 1. The van der Waals surface area contributed by atoms with Crippen LogP contribution in [0.25, 0.3) is 0 Å². The maximum absolute atomic E-state index is 12.3. The fourth-order valence-corrected chi connectivity index (χ4v) is 1.86. The van der Waals surface area contributed by atoms with E-state index in [1.54, 1.807) is 24.5 Å². The molecule has 0 fully saturated rings. The zero-order valence-electron chi connectivity index (χ0n) is 10.3. The van der Waals surface area contributed by atoms with Gasteiger partial charge in [-0.15, -0.1) is 0 Å². The van der Waals surface area contributed by atoms with Crippen molar-refractivity contribution >= 4 is 5.78 Å². The van der Waals surface area contributed by atoms with Crippen molar-refractivity contribution in [3.8, 4) is 0 Å². The monoisotopic (exact) mass is 225 g/mol. The van der Waals surface area contributed by atoms with Crippen LogP contribution in [0.5, 0.6) is 0 Å². The minimum atomic E-state index is 0.0630. The van der Waals surface area contributed by atoms with E-state index in [-0.39, 0.29) is 5.78 Å². The highest BCUT2D eigenvalue weighted by atomic mass is 16.1. The number of rotatable bonds is 2. The van der Waals surface area contributed by atoms with E-state index in [0.717, 1.165) is 11.1 Å². The van der Waals surface area contributed by atoms with Gasteiger partial charge in [0, 0.05) is 23.5 Å². The normalized spacial score (nSPS) is 10.3. The van der Waals surface area contributed by atoms with Gasteiger partial charge >= 0.3 is 0 Å². The van der Waals surface area contributed by atoms with Crippen molar-refractivity contribution in [3.05, 3.63) is 64.5 Å². The van der Waals surface area contributed by atoms with E-state index in [4.69, 9.17) is 0 Å². The van der Waals surface area contributed by atoms with Crippen molar-refractivity contribution in [2.45, 2.75) is 20.8 Å². The van der Waals surface area contributed by atoms with Gasteiger partial charge in [-0.2, -0.15) is 0 Å². The van der Waals surface area contributed by atoms with Crippen LogP contribution >= 0.6 is 0 Å². The van der Waals surface area contributed by atoms with Crippen molar-refractivity contribution in [3.63, 3.8) is 0 Å². The minimum absolute atomic E-state index is 0.0630. The Labute approximate surface area is 101 Å². The molecule has 17 heavy (non-hydrogen) atoms. The van der Waals surface area contributed by atoms with Gasteiger partial charge in [-0.25, -0.2) is 0 Å². The Kier molecular flexibility index (Phi) is 3.05. The summed E-state index contributed by atoms with van der Waals surface area (Å²) in [6.45, 7) is 6.10. The minimum Gasteiger partial charge on any atom is -0.289 e. The first kappa shape index (κ1) is 11.5. The molecule has 2 heteroatoms. The summed E-state index contributed by atoms with van der Waals surface area (Å²) >= 11 is 0. The molecule has 1 aromatic heterocycles. The summed E-state index contributed by atoms with van der Waals surface area (Å²) in [4.78, 5) is 16.2. The summed E-state index contributed by atoms with van der Waals surface area (Å²) in [5, 5.41) is 0. The molecule has 2 rings (SSSR count). The molecule has 0 radical (unpaired) electrons. The second-order valence-corrected chi connectivity index (χ2v) is 4.25. The molecule has 0 saturated heterocycles. The van der Waals surface area contributed by atoms with Crippen molar-refractivity contribution in [2.75, 3.05) is 0 Å². The molecule has 0 spiro atoms. The number of nitrogens with zero attached hydrogens (tertiary/aromatic N) is 1. The number of carbonyl (C=O) groups is 1. The van der Waals surface area contributed by atoms with E-state index in [1.807, 2.05) is 26.0 Å². The number of benzene rings is 1. The summed E-state index contributed by atoms with van der Waals surface area (Å²) in [5.74, 6) is 0.0630. The van der Waals surface area contributed by atoms with Crippen LogP contribution in [0.3, 0.4) is 0 Å². The van der Waals surface area contributed by atoms with Crippen molar-refractivity contribution in [1.29, 1.82) is 0 Å². The number of aromatic nitrogens is 1. The summed E-state index contributed by atoms with van der Waals surface area (Å²) in [5.41, 5.74) is 4.93. The molecule has 0 N–H and O–H groups in total. The van der Waals surface area contributed by atoms with Gasteiger partial charge in [-0.05, 0) is 49.6 Å². The summed E-state index contributed by atoms with van der Waals surface area (Å²) < 4.78 is 0. The highest BCUT2D eigenvalue weighted by Gasteiger charge is 2.13. The standard InChI is InChI=1S/C15H15NO/c1-10-4-5-14(12(3)11(10)2)15(17)13-6-8-16-9-7-13/h4-9H,1-3H3. The maximum Gasteiger partial charge on any atom is 0.193 e. The molecule has 2 aromatic rings. The predicted octanol–water partition coefficient (Wildman–Crippen LogP) is 3.24. The molecule has 0 atom stereocenters. The third kappa shape index (κ3) is 2.11. The number of hydrogen-bond acceptors (Lipinski definition) is 2. The fraction of sp³-hybridized carbons (Fsp3) is 0.200. The Morgan fingerprint density at radius 3 is 2.24 bits per heavy atom. The average Bonchev–Trinajstić information content (AvgIpc) is 2.36. The second-order valence-electron chi connectivity index (χ2n) is 4.25. The quantitative estimate of drug-likeness (QED) is 0.734. The first-order chi connectivity index (χ1) is 8.11. The number of aryl methyl sites for hydroxylation is 1. The van der Waals surface area contributed by atoms with E-state index >= 15 is 0 Å². The molecule has 0 aliphatic carbocycles. The van der Waals surface area contributed by atoms with E-state index < -0.39 is 0 Å². The molecule has 0 aliphatic heterocycles.